The van der Waals surface area contributed by atoms with Gasteiger partial charge in [-0.2, -0.15) is 0 Å². The second-order valence-electron chi connectivity index (χ2n) is 5.01. The van der Waals surface area contributed by atoms with Crippen molar-refractivity contribution >= 4 is 23.3 Å². The minimum atomic E-state index is -0.332. The molecule has 0 bridgehead atoms. The molecule has 1 aromatic heterocycles. The van der Waals surface area contributed by atoms with Crippen molar-refractivity contribution in [1.82, 2.24) is 9.97 Å². The highest BCUT2D eigenvalue weighted by molar-refractivity contribution is 6.04. The zero-order valence-corrected chi connectivity index (χ0v) is 13.5. The van der Waals surface area contributed by atoms with E-state index in [0.29, 0.717) is 17.2 Å². The predicted octanol–water partition coefficient (Wildman–Crippen LogP) is 2.78. The molecule has 0 saturated heterocycles. The summed E-state index contributed by atoms with van der Waals surface area (Å²) in [5.74, 6) is 0.147. The van der Waals surface area contributed by atoms with Crippen LogP contribution in [0, 0.1) is 0 Å². The molecule has 2 aromatic rings. The molecule has 6 nitrogen and oxygen atoms in total. The molecule has 0 unspecified atom stereocenters. The van der Waals surface area contributed by atoms with E-state index in [1.54, 1.807) is 36.5 Å². The summed E-state index contributed by atoms with van der Waals surface area (Å²) >= 11 is 0. The van der Waals surface area contributed by atoms with Crippen LogP contribution in [-0.4, -0.2) is 34.7 Å². The zero-order chi connectivity index (χ0) is 16.8. The first-order valence-electron chi connectivity index (χ1n) is 7.55. The largest absolute Gasteiger partial charge is 0.341 e. The van der Waals surface area contributed by atoms with Crippen molar-refractivity contribution in [2.24, 2.45) is 0 Å². The van der Waals surface area contributed by atoms with Crippen LogP contribution in [0.25, 0.3) is 0 Å². The van der Waals surface area contributed by atoms with Gasteiger partial charge >= 0.3 is 0 Å². The standard InChI is InChI=1S/C17H20N4O2/c1-4-21(5-2)17-18-10-9-15(20-17)16(23)19-14-8-6-7-13(11-14)12(3)22/h6-11H,4-5H2,1-3H3,(H,19,23). The lowest BCUT2D eigenvalue weighted by Crippen LogP contribution is -2.25. The van der Waals surface area contributed by atoms with Gasteiger partial charge in [0.1, 0.15) is 5.69 Å². The number of benzene rings is 1. The van der Waals surface area contributed by atoms with Crippen LogP contribution in [0.3, 0.4) is 0 Å². The van der Waals surface area contributed by atoms with Gasteiger partial charge in [0.05, 0.1) is 0 Å². The summed E-state index contributed by atoms with van der Waals surface area (Å²) in [7, 11) is 0. The Morgan fingerprint density at radius 2 is 1.91 bits per heavy atom. The zero-order valence-electron chi connectivity index (χ0n) is 13.5. The first-order chi connectivity index (χ1) is 11.0. The van der Waals surface area contributed by atoms with Crippen molar-refractivity contribution in [1.29, 1.82) is 0 Å². The molecule has 0 fully saturated rings. The van der Waals surface area contributed by atoms with Crippen LogP contribution < -0.4 is 10.2 Å². The molecular formula is C17H20N4O2. The highest BCUT2D eigenvalue weighted by atomic mass is 16.2. The topological polar surface area (TPSA) is 75.2 Å². The van der Waals surface area contributed by atoms with E-state index in [4.69, 9.17) is 0 Å². The van der Waals surface area contributed by atoms with E-state index in [-0.39, 0.29) is 17.4 Å². The molecule has 120 valence electrons. The van der Waals surface area contributed by atoms with E-state index in [1.165, 1.54) is 6.92 Å². The number of amides is 1. The van der Waals surface area contributed by atoms with E-state index in [0.717, 1.165) is 13.1 Å². The second kappa shape index (κ2) is 7.49. The number of anilines is 2. The lowest BCUT2D eigenvalue weighted by atomic mass is 10.1. The highest BCUT2D eigenvalue weighted by Gasteiger charge is 2.12. The molecule has 2 rings (SSSR count). The van der Waals surface area contributed by atoms with E-state index < -0.39 is 0 Å². The predicted molar refractivity (Wildman–Crippen MR) is 90.0 cm³/mol. The Balaban J connectivity index is 2.19. The fourth-order valence-corrected chi connectivity index (χ4v) is 2.14. The minimum absolute atomic E-state index is 0.0491. The highest BCUT2D eigenvalue weighted by Crippen LogP contribution is 2.13. The maximum atomic E-state index is 12.3. The Hall–Kier alpha value is -2.76. The summed E-state index contributed by atoms with van der Waals surface area (Å²) < 4.78 is 0. The molecule has 0 aliphatic carbocycles. The van der Waals surface area contributed by atoms with Crippen LogP contribution in [0.15, 0.2) is 36.5 Å². The van der Waals surface area contributed by atoms with E-state index in [9.17, 15) is 9.59 Å². The van der Waals surface area contributed by atoms with Gasteiger partial charge in [0, 0.05) is 30.5 Å². The molecule has 0 saturated carbocycles. The lowest BCUT2D eigenvalue weighted by molar-refractivity contribution is 0.100. The number of nitrogens with one attached hydrogen (secondary N) is 1. The summed E-state index contributed by atoms with van der Waals surface area (Å²) in [6, 6.07) is 8.38. The van der Waals surface area contributed by atoms with Crippen LogP contribution in [0.5, 0.6) is 0 Å². The van der Waals surface area contributed by atoms with Crippen molar-refractivity contribution in [2.45, 2.75) is 20.8 Å². The molecule has 1 heterocycles. The molecule has 0 spiro atoms. The molecule has 0 aliphatic heterocycles. The molecule has 23 heavy (non-hydrogen) atoms. The molecule has 1 amide bonds. The number of Topliss-reactive ketones (excluding diaryl/α,β-unsaturated/α-hetero) is 1. The Morgan fingerprint density at radius 1 is 1.17 bits per heavy atom. The number of nitrogens with zero attached hydrogens (tertiary/aromatic N) is 3. The number of hydrogen-bond donors (Lipinski definition) is 1. The third-order valence-corrected chi connectivity index (χ3v) is 3.45. The van der Waals surface area contributed by atoms with Crippen LogP contribution in [-0.2, 0) is 0 Å². The Labute approximate surface area is 135 Å². The van der Waals surface area contributed by atoms with Gasteiger partial charge in [-0.15, -0.1) is 0 Å². The maximum absolute atomic E-state index is 12.3. The number of carbonyl (C=O) groups excluding carboxylic acids is 2. The molecule has 1 N–H and O–H groups in total. The first kappa shape index (κ1) is 16.6. The van der Waals surface area contributed by atoms with Gasteiger partial charge in [-0.05, 0) is 39.0 Å². The number of aromatic nitrogens is 2. The normalized spacial score (nSPS) is 10.2. The molecular weight excluding hydrogens is 292 g/mol. The lowest BCUT2D eigenvalue weighted by Gasteiger charge is -2.18. The molecule has 6 heteroatoms. The van der Waals surface area contributed by atoms with Gasteiger partial charge in [-0.25, -0.2) is 9.97 Å². The Bertz CT molecular complexity index is 711. The van der Waals surface area contributed by atoms with Crippen LogP contribution >= 0.6 is 0 Å². The summed E-state index contributed by atoms with van der Waals surface area (Å²) in [6.07, 6.45) is 1.57. The number of ketones is 1. The van der Waals surface area contributed by atoms with Gasteiger partial charge in [0.15, 0.2) is 5.78 Å². The Kier molecular flexibility index (Phi) is 5.41. The minimum Gasteiger partial charge on any atom is -0.341 e. The van der Waals surface area contributed by atoms with Gasteiger partial charge in [-0.3, -0.25) is 9.59 Å². The quantitative estimate of drug-likeness (QED) is 0.830. The summed E-state index contributed by atoms with van der Waals surface area (Å²) in [5.41, 5.74) is 1.40. The molecule has 0 aliphatic rings. The Morgan fingerprint density at radius 3 is 2.57 bits per heavy atom. The van der Waals surface area contributed by atoms with Crippen LogP contribution in [0.4, 0.5) is 11.6 Å². The molecule has 0 radical (unpaired) electrons. The smallest absolute Gasteiger partial charge is 0.274 e. The number of hydrogen-bond acceptors (Lipinski definition) is 5. The van der Waals surface area contributed by atoms with Crippen molar-refractivity contribution in [2.75, 3.05) is 23.3 Å². The average Bonchev–Trinajstić information content (AvgIpc) is 2.56. The van der Waals surface area contributed by atoms with Crippen molar-refractivity contribution < 1.29 is 9.59 Å². The fourth-order valence-electron chi connectivity index (χ4n) is 2.14. The van der Waals surface area contributed by atoms with Crippen molar-refractivity contribution in [3.63, 3.8) is 0 Å². The number of carbonyl (C=O) groups is 2. The second-order valence-corrected chi connectivity index (χ2v) is 5.01. The third kappa shape index (κ3) is 4.12. The SMILES string of the molecule is CCN(CC)c1nccc(C(=O)Nc2cccc(C(C)=O)c2)n1. The summed E-state index contributed by atoms with van der Waals surface area (Å²) in [6.45, 7) is 7.03. The van der Waals surface area contributed by atoms with Crippen molar-refractivity contribution in [3.05, 3.63) is 47.8 Å². The van der Waals surface area contributed by atoms with Crippen LogP contribution in [0.1, 0.15) is 41.6 Å². The number of rotatable bonds is 6. The van der Waals surface area contributed by atoms with Gasteiger partial charge in [-0.1, -0.05) is 12.1 Å². The van der Waals surface area contributed by atoms with Crippen molar-refractivity contribution in [3.8, 4) is 0 Å². The third-order valence-electron chi connectivity index (χ3n) is 3.45. The fraction of sp³-hybridized carbons (Fsp3) is 0.294. The van der Waals surface area contributed by atoms with E-state index >= 15 is 0 Å². The van der Waals surface area contributed by atoms with Gasteiger partial charge in [0.2, 0.25) is 5.95 Å². The first-order valence-corrected chi connectivity index (χ1v) is 7.55. The summed E-state index contributed by atoms with van der Waals surface area (Å²) in [4.78, 5) is 34.2. The average molecular weight is 312 g/mol. The maximum Gasteiger partial charge on any atom is 0.274 e. The van der Waals surface area contributed by atoms with Gasteiger partial charge in [0.25, 0.3) is 5.91 Å². The van der Waals surface area contributed by atoms with E-state index in [1.807, 2.05) is 18.7 Å². The molecule has 1 aromatic carbocycles. The summed E-state index contributed by atoms with van der Waals surface area (Å²) in [5, 5.41) is 2.76. The van der Waals surface area contributed by atoms with Gasteiger partial charge < -0.3 is 10.2 Å². The molecule has 0 atom stereocenters. The van der Waals surface area contributed by atoms with E-state index in [2.05, 4.69) is 15.3 Å². The monoisotopic (exact) mass is 312 g/mol. The van der Waals surface area contributed by atoms with Crippen LogP contribution in [0.2, 0.25) is 0 Å².